The second kappa shape index (κ2) is 37.3. The highest BCUT2D eigenvalue weighted by Gasteiger charge is 2.19. The molecule has 0 rings (SSSR count). The molecule has 0 aliphatic rings. The fourth-order valence-corrected chi connectivity index (χ4v) is 6.10. The maximum atomic E-state index is 12.3. The number of unbranched alkanes of at least 4 members (excludes halogenated alkanes) is 25. The van der Waals surface area contributed by atoms with Gasteiger partial charge in [0.1, 0.15) is 0 Å². The van der Waals surface area contributed by atoms with Crippen molar-refractivity contribution in [1.82, 2.24) is 5.32 Å². The number of hydrogen-bond acceptors (Lipinski definition) is 3. The molecular weight excluding hydrogens is 554 g/mol. The first-order valence-corrected chi connectivity index (χ1v) is 20.0. The fraction of sp³-hybridized carbons (Fsp3) is 0.878. The number of carbonyl (C=O) groups is 1. The lowest BCUT2D eigenvalue weighted by molar-refractivity contribution is -0.123. The summed E-state index contributed by atoms with van der Waals surface area (Å²) in [4.78, 5) is 12.3. The van der Waals surface area contributed by atoms with Gasteiger partial charge in [-0.25, -0.2) is 0 Å². The van der Waals surface area contributed by atoms with Gasteiger partial charge in [-0.2, -0.15) is 0 Å². The summed E-state index contributed by atoms with van der Waals surface area (Å²) in [6, 6.07) is -0.536. The molecule has 2 atom stereocenters. The van der Waals surface area contributed by atoms with Crippen LogP contribution >= 0.6 is 0 Å². The summed E-state index contributed by atoms with van der Waals surface area (Å²) in [5, 5.41) is 23.0. The largest absolute Gasteiger partial charge is 0.394 e. The lowest BCUT2D eigenvalue weighted by atomic mass is 10.0. The molecule has 0 saturated heterocycles. The van der Waals surface area contributed by atoms with Crippen molar-refractivity contribution in [2.75, 3.05) is 6.61 Å². The molecule has 4 nitrogen and oxygen atoms in total. The number of nitrogens with one attached hydrogen (secondary N) is 1. The second-order valence-electron chi connectivity index (χ2n) is 13.7. The first-order valence-electron chi connectivity index (χ1n) is 20.0. The molecule has 0 aliphatic heterocycles. The predicted molar refractivity (Wildman–Crippen MR) is 198 cm³/mol. The van der Waals surface area contributed by atoms with Crippen LogP contribution in [0.1, 0.15) is 213 Å². The van der Waals surface area contributed by atoms with E-state index in [1.807, 2.05) is 0 Å². The summed E-state index contributed by atoms with van der Waals surface area (Å²) in [7, 11) is 0. The topological polar surface area (TPSA) is 69.6 Å². The van der Waals surface area contributed by atoms with E-state index in [2.05, 4.69) is 43.5 Å². The maximum Gasteiger partial charge on any atom is 0.220 e. The molecule has 3 N–H and O–H groups in total. The van der Waals surface area contributed by atoms with Gasteiger partial charge in [-0.05, 0) is 44.9 Å². The summed E-state index contributed by atoms with van der Waals surface area (Å²) >= 11 is 0. The zero-order valence-corrected chi connectivity index (χ0v) is 30.4. The van der Waals surface area contributed by atoms with Crippen LogP contribution in [0.3, 0.4) is 0 Å². The zero-order valence-electron chi connectivity index (χ0n) is 30.4. The molecule has 0 bridgehead atoms. The van der Waals surface area contributed by atoms with Crippen LogP contribution in [0.15, 0.2) is 24.3 Å². The van der Waals surface area contributed by atoms with Crippen molar-refractivity contribution < 1.29 is 15.0 Å². The van der Waals surface area contributed by atoms with Crippen LogP contribution in [0.25, 0.3) is 0 Å². The Hall–Kier alpha value is -1.13. The first kappa shape index (κ1) is 43.9. The Bertz CT molecular complexity index is 647. The maximum absolute atomic E-state index is 12.3. The highest BCUT2D eigenvalue weighted by atomic mass is 16.3. The van der Waals surface area contributed by atoms with Gasteiger partial charge < -0.3 is 15.5 Å². The van der Waals surface area contributed by atoms with Crippen LogP contribution in [0, 0.1) is 0 Å². The van der Waals surface area contributed by atoms with Crippen molar-refractivity contribution in [1.29, 1.82) is 0 Å². The number of amides is 1. The van der Waals surface area contributed by atoms with Gasteiger partial charge in [0.25, 0.3) is 0 Å². The summed E-state index contributed by atoms with van der Waals surface area (Å²) in [6.07, 6.45) is 46.7. The molecule has 0 aromatic rings. The average molecular weight is 634 g/mol. The Morgan fingerprint density at radius 3 is 1.33 bits per heavy atom. The van der Waals surface area contributed by atoms with Crippen LogP contribution in [0.4, 0.5) is 0 Å². The Morgan fingerprint density at radius 1 is 0.533 bits per heavy atom. The number of allylic oxidation sites excluding steroid dienone is 4. The number of carbonyl (C=O) groups excluding carboxylic acids is 1. The van der Waals surface area contributed by atoms with E-state index in [1.165, 1.54) is 154 Å². The minimum atomic E-state index is -0.659. The molecule has 45 heavy (non-hydrogen) atoms. The van der Waals surface area contributed by atoms with E-state index in [0.717, 1.165) is 32.1 Å². The SMILES string of the molecule is CCCCCCCCCCC/C=C\C/C=C\CCCCCCCCCC(=O)NC(CO)C(O)CCCCCCCCCCCC. The smallest absolute Gasteiger partial charge is 0.220 e. The van der Waals surface area contributed by atoms with Crippen LogP contribution < -0.4 is 5.32 Å². The molecule has 4 heteroatoms. The predicted octanol–water partition coefficient (Wildman–Crippen LogP) is 12.1. The summed E-state index contributed by atoms with van der Waals surface area (Å²) < 4.78 is 0. The van der Waals surface area contributed by atoms with E-state index in [-0.39, 0.29) is 12.5 Å². The Kier molecular flexibility index (Phi) is 36.4. The lowest BCUT2D eigenvalue weighted by Crippen LogP contribution is -2.45. The van der Waals surface area contributed by atoms with Crippen LogP contribution in [0.5, 0.6) is 0 Å². The highest BCUT2D eigenvalue weighted by Crippen LogP contribution is 2.14. The number of aliphatic hydroxyl groups is 2. The third-order valence-electron chi connectivity index (χ3n) is 9.22. The summed E-state index contributed by atoms with van der Waals surface area (Å²) in [6.45, 7) is 4.34. The van der Waals surface area contributed by atoms with E-state index in [9.17, 15) is 15.0 Å². The third kappa shape index (κ3) is 34.0. The minimum Gasteiger partial charge on any atom is -0.394 e. The Labute approximate surface area is 281 Å². The Morgan fingerprint density at radius 2 is 0.911 bits per heavy atom. The van der Waals surface area contributed by atoms with Crippen LogP contribution in [0.2, 0.25) is 0 Å². The van der Waals surface area contributed by atoms with Crippen molar-refractivity contribution in [3.63, 3.8) is 0 Å². The van der Waals surface area contributed by atoms with Gasteiger partial charge in [0.05, 0.1) is 18.8 Å². The number of aliphatic hydroxyl groups excluding tert-OH is 2. The number of hydrogen-bond donors (Lipinski definition) is 3. The molecule has 0 aromatic heterocycles. The van der Waals surface area contributed by atoms with Gasteiger partial charge in [0, 0.05) is 6.42 Å². The molecule has 0 aromatic carbocycles. The molecule has 0 aliphatic carbocycles. The molecule has 0 heterocycles. The Balaban J connectivity index is 3.53. The molecule has 266 valence electrons. The normalized spacial score (nSPS) is 13.2. The van der Waals surface area contributed by atoms with Gasteiger partial charge >= 0.3 is 0 Å². The van der Waals surface area contributed by atoms with Crippen molar-refractivity contribution in [3.05, 3.63) is 24.3 Å². The number of rotatable bonds is 36. The zero-order chi connectivity index (χ0) is 32.9. The molecule has 0 radical (unpaired) electrons. The van der Waals surface area contributed by atoms with E-state index in [1.54, 1.807) is 0 Å². The fourth-order valence-electron chi connectivity index (χ4n) is 6.10. The molecule has 0 spiro atoms. The molecule has 0 saturated carbocycles. The summed E-state index contributed by atoms with van der Waals surface area (Å²) in [5.74, 6) is -0.0405. The van der Waals surface area contributed by atoms with Crippen molar-refractivity contribution in [2.24, 2.45) is 0 Å². The quantitative estimate of drug-likeness (QED) is 0.0475. The van der Waals surface area contributed by atoms with Gasteiger partial charge in [0.2, 0.25) is 5.91 Å². The van der Waals surface area contributed by atoms with Crippen LogP contribution in [-0.4, -0.2) is 34.9 Å². The van der Waals surface area contributed by atoms with E-state index in [4.69, 9.17) is 0 Å². The van der Waals surface area contributed by atoms with Crippen LogP contribution in [-0.2, 0) is 4.79 Å². The van der Waals surface area contributed by atoms with Crippen molar-refractivity contribution in [2.45, 2.75) is 225 Å². The van der Waals surface area contributed by atoms with Crippen molar-refractivity contribution >= 4 is 5.91 Å². The minimum absolute atomic E-state index is 0.0405. The third-order valence-corrected chi connectivity index (χ3v) is 9.22. The average Bonchev–Trinajstić information content (AvgIpc) is 3.04. The molecular formula is C41H79NO3. The highest BCUT2D eigenvalue weighted by molar-refractivity contribution is 5.76. The second-order valence-corrected chi connectivity index (χ2v) is 13.7. The first-order chi connectivity index (χ1) is 22.2. The molecule has 0 fully saturated rings. The summed E-state index contributed by atoms with van der Waals surface area (Å²) in [5.41, 5.74) is 0. The van der Waals surface area contributed by atoms with Gasteiger partial charge in [-0.1, -0.05) is 186 Å². The van der Waals surface area contributed by atoms with Gasteiger partial charge in [-0.3, -0.25) is 4.79 Å². The van der Waals surface area contributed by atoms with E-state index >= 15 is 0 Å². The standard InChI is InChI=1S/C41H79NO3/c1-3-5-7-9-11-13-15-16-17-18-19-20-21-22-23-24-25-26-27-29-31-33-35-37-41(45)42-39(38-43)40(44)36-34-32-30-28-14-12-10-8-6-4-2/h19-20,22-23,39-40,43-44H,3-18,21,24-38H2,1-2H3,(H,42,45)/b20-19-,23-22-. The lowest BCUT2D eigenvalue weighted by Gasteiger charge is -2.22. The van der Waals surface area contributed by atoms with Crippen molar-refractivity contribution in [3.8, 4) is 0 Å². The van der Waals surface area contributed by atoms with E-state index < -0.39 is 12.1 Å². The van der Waals surface area contributed by atoms with E-state index in [0.29, 0.717) is 12.8 Å². The molecule has 1 amide bonds. The molecule has 2 unspecified atom stereocenters. The monoisotopic (exact) mass is 634 g/mol. The van der Waals surface area contributed by atoms with Gasteiger partial charge in [0.15, 0.2) is 0 Å². The van der Waals surface area contributed by atoms with Gasteiger partial charge in [-0.15, -0.1) is 0 Å².